The second kappa shape index (κ2) is 8.27. The highest BCUT2D eigenvalue weighted by Gasteiger charge is 2.57. The molecule has 180 valence electrons. The Labute approximate surface area is 204 Å². The third-order valence-electron chi connectivity index (χ3n) is 6.64. The lowest BCUT2D eigenvalue weighted by Crippen LogP contribution is -2.46. The smallest absolute Gasteiger partial charge is 0.356 e. The number of carboxylic acid groups (broad SMARTS) is 1. The molecule has 2 fully saturated rings. The standard InChI is InChI=1S/C24H21ClF2N6O2/c1-11-5-14(12(2)29-15-3-4-19(25)31-21(15)23(34)35)20-16(6-11)30-17(9-28)22(32-20)33-10-13-7-18(33)24(26,27)8-13/h3-6,12-13,18,29H,7-8,10H2,1-2H3,(H,34,35)/t12-,13?,18?/m1/s1. The van der Waals surface area contributed by atoms with E-state index in [-0.39, 0.29) is 40.4 Å². The van der Waals surface area contributed by atoms with Crippen LogP contribution in [-0.4, -0.2) is 44.5 Å². The number of anilines is 2. The summed E-state index contributed by atoms with van der Waals surface area (Å²) in [5.74, 6) is -4.07. The number of aromatic carboxylic acids is 1. The number of pyridine rings is 1. The minimum absolute atomic E-state index is 0.00748. The van der Waals surface area contributed by atoms with E-state index in [4.69, 9.17) is 16.6 Å². The van der Waals surface area contributed by atoms with Crippen LogP contribution in [0.15, 0.2) is 24.3 Å². The molecule has 5 rings (SSSR count). The van der Waals surface area contributed by atoms with E-state index in [9.17, 15) is 23.9 Å². The van der Waals surface area contributed by atoms with Gasteiger partial charge < -0.3 is 15.3 Å². The molecule has 1 aromatic carbocycles. The van der Waals surface area contributed by atoms with Crippen LogP contribution in [0, 0.1) is 24.2 Å². The Balaban J connectivity index is 1.60. The normalized spacial score (nSPS) is 21.2. The van der Waals surface area contributed by atoms with Gasteiger partial charge in [0, 0.05) is 18.5 Å². The van der Waals surface area contributed by atoms with Crippen molar-refractivity contribution in [3.8, 4) is 6.07 Å². The summed E-state index contributed by atoms with van der Waals surface area (Å²) in [6.45, 7) is 4.09. The number of carbonyl (C=O) groups is 1. The fraction of sp³-hybridized carbons (Fsp3) is 0.375. The molecule has 2 bridgehead atoms. The lowest BCUT2D eigenvalue weighted by atomic mass is 10.0. The number of halogens is 3. The van der Waals surface area contributed by atoms with E-state index in [2.05, 4.69) is 15.3 Å². The van der Waals surface area contributed by atoms with Gasteiger partial charge in [0.2, 0.25) is 0 Å². The van der Waals surface area contributed by atoms with E-state index < -0.39 is 24.0 Å². The first-order chi connectivity index (χ1) is 16.6. The molecule has 0 amide bonds. The monoisotopic (exact) mass is 498 g/mol. The molecule has 0 spiro atoms. The molecule has 1 saturated carbocycles. The molecule has 8 nitrogen and oxygen atoms in total. The predicted octanol–water partition coefficient (Wildman–Crippen LogP) is 4.96. The zero-order valence-corrected chi connectivity index (χ0v) is 19.6. The number of fused-ring (bicyclic) bond motifs is 3. The number of alkyl halides is 2. The highest BCUT2D eigenvalue weighted by molar-refractivity contribution is 6.29. The van der Waals surface area contributed by atoms with Crippen LogP contribution in [0.5, 0.6) is 0 Å². The van der Waals surface area contributed by atoms with Gasteiger partial charge in [-0.1, -0.05) is 17.7 Å². The second-order valence-corrected chi connectivity index (χ2v) is 9.55. The molecule has 2 unspecified atom stereocenters. The highest BCUT2D eigenvalue weighted by Crippen LogP contribution is 2.49. The summed E-state index contributed by atoms with van der Waals surface area (Å²) in [7, 11) is 0. The van der Waals surface area contributed by atoms with Crippen molar-refractivity contribution >= 4 is 40.1 Å². The van der Waals surface area contributed by atoms with Gasteiger partial charge in [0.1, 0.15) is 11.2 Å². The van der Waals surface area contributed by atoms with Crippen molar-refractivity contribution < 1.29 is 18.7 Å². The van der Waals surface area contributed by atoms with Gasteiger partial charge >= 0.3 is 5.97 Å². The van der Waals surface area contributed by atoms with Crippen molar-refractivity contribution in [2.75, 3.05) is 16.8 Å². The molecule has 2 aromatic heterocycles. The number of nitriles is 1. The van der Waals surface area contributed by atoms with Crippen LogP contribution >= 0.6 is 11.6 Å². The van der Waals surface area contributed by atoms with Crippen molar-refractivity contribution in [1.82, 2.24) is 15.0 Å². The van der Waals surface area contributed by atoms with Crippen LogP contribution in [0.3, 0.4) is 0 Å². The molecule has 1 aliphatic carbocycles. The quantitative estimate of drug-likeness (QED) is 0.474. The predicted molar refractivity (Wildman–Crippen MR) is 126 cm³/mol. The average Bonchev–Trinajstić information content (AvgIpc) is 3.35. The SMILES string of the molecule is Cc1cc([C@@H](C)Nc2ccc(Cl)nc2C(=O)O)c2nc(N3CC4CC3C(F)(F)C4)c(C#N)nc2c1. The topological polar surface area (TPSA) is 115 Å². The molecule has 1 aliphatic heterocycles. The zero-order valence-electron chi connectivity index (χ0n) is 18.9. The molecule has 11 heteroatoms. The first-order valence-electron chi connectivity index (χ1n) is 11.1. The molecular weight excluding hydrogens is 478 g/mol. The summed E-state index contributed by atoms with van der Waals surface area (Å²) in [6, 6.07) is 7.23. The largest absolute Gasteiger partial charge is 0.476 e. The number of hydrogen-bond donors (Lipinski definition) is 2. The summed E-state index contributed by atoms with van der Waals surface area (Å²) < 4.78 is 29.0. The lowest BCUT2D eigenvalue weighted by molar-refractivity contribution is -0.0206. The molecular formula is C24H21ClF2N6O2. The van der Waals surface area contributed by atoms with E-state index in [1.54, 1.807) is 6.07 Å². The Hall–Kier alpha value is -3.58. The van der Waals surface area contributed by atoms with Crippen molar-refractivity contribution in [2.24, 2.45) is 5.92 Å². The third kappa shape index (κ3) is 4.00. The fourth-order valence-electron chi connectivity index (χ4n) is 5.18. The van der Waals surface area contributed by atoms with Crippen LogP contribution in [0.4, 0.5) is 20.3 Å². The van der Waals surface area contributed by atoms with Crippen LogP contribution < -0.4 is 10.2 Å². The molecule has 2 aliphatic rings. The van der Waals surface area contributed by atoms with Gasteiger partial charge in [-0.2, -0.15) is 5.26 Å². The van der Waals surface area contributed by atoms with Crippen LogP contribution in [0.2, 0.25) is 5.15 Å². The number of nitrogens with one attached hydrogen (secondary N) is 1. The Morgan fingerprint density at radius 2 is 2.11 bits per heavy atom. The van der Waals surface area contributed by atoms with Crippen molar-refractivity contribution in [2.45, 2.75) is 44.7 Å². The number of piperidine rings is 1. The number of benzene rings is 1. The third-order valence-corrected chi connectivity index (χ3v) is 6.85. The first kappa shape index (κ1) is 23.2. The van der Waals surface area contributed by atoms with Crippen molar-refractivity contribution in [1.29, 1.82) is 5.26 Å². The van der Waals surface area contributed by atoms with Gasteiger partial charge in [-0.05, 0) is 49.9 Å². The van der Waals surface area contributed by atoms with Gasteiger partial charge in [0.05, 0.1) is 28.8 Å². The fourth-order valence-corrected chi connectivity index (χ4v) is 5.33. The molecule has 2 N–H and O–H groups in total. The molecule has 35 heavy (non-hydrogen) atoms. The number of aromatic nitrogens is 3. The minimum atomic E-state index is -2.84. The molecule has 3 atom stereocenters. The first-order valence-corrected chi connectivity index (χ1v) is 11.5. The van der Waals surface area contributed by atoms with E-state index in [0.29, 0.717) is 29.6 Å². The van der Waals surface area contributed by atoms with Crippen LogP contribution in [0.25, 0.3) is 11.0 Å². The van der Waals surface area contributed by atoms with Gasteiger partial charge in [0.15, 0.2) is 17.2 Å². The van der Waals surface area contributed by atoms with E-state index in [1.165, 1.54) is 17.0 Å². The average molecular weight is 499 g/mol. The molecule has 3 aromatic rings. The maximum Gasteiger partial charge on any atom is 0.356 e. The van der Waals surface area contributed by atoms with Gasteiger partial charge in [-0.15, -0.1) is 0 Å². The summed E-state index contributed by atoms with van der Waals surface area (Å²) in [6.07, 6.45) is 0.210. The lowest BCUT2D eigenvalue weighted by Gasteiger charge is -2.34. The Morgan fingerprint density at radius 1 is 1.34 bits per heavy atom. The van der Waals surface area contributed by atoms with Gasteiger partial charge in [-0.25, -0.2) is 28.5 Å². The maximum atomic E-state index is 14.5. The summed E-state index contributed by atoms with van der Waals surface area (Å²) in [4.78, 5) is 26.2. The van der Waals surface area contributed by atoms with Crippen LogP contribution in [-0.2, 0) is 0 Å². The number of rotatable bonds is 5. The second-order valence-electron chi connectivity index (χ2n) is 9.17. The Morgan fingerprint density at radius 3 is 2.77 bits per heavy atom. The molecule has 3 heterocycles. The van der Waals surface area contributed by atoms with Crippen LogP contribution in [0.1, 0.15) is 53.1 Å². The molecule has 0 radical (unpaired) electrons. The summed E-state index contributed by atoms with van der Waals surface area (Å²) in [5.41, 5.74) is 2.49. The van der Waals surface area contributed by atoms with Gasteiger partial charge in [-0.3, -0.25) is 0 Å². The van der Waals surface area contributed by atoms with Crippen molar-refractivity contribution in [3.63, 3.8) is 0 Å². The summed E-state index contributed by atoms with van der Waals surface area (Å²) in [5, 5.41) is 22.4. The maximum absolute atomic E-state index is 14.5. The zero-order chi connectivity index (χ0) is 25.1. The summed E-state index contributed by atoms with van der Waals surface area (Å²) >= 11 is 5.86. The van der Waals surface area contributed by atoms with Crippen molar-refractivity contribution in [3.05, 3.63) is 51.9 Å². The Bertz CT molecular complexity index is 1410. The number of nitrogens with zero attached hydrogens (tertiary/aromatic N) is 5. The number of carboxylic acids is 1. The van der Waals surface area contributed by atoms with Gasteiger partial charge in [0.25, 0.3) is 5.92 Å². The highest BCUT2D eigenvalue weighted by atomic mass is 35.5. The van der Waals surface area contributed by atoms with E-state index >= 15 is 0 Å². The molecule has 1 saturated heterocycles. The van der Waals surface area contributed by atoms with E-state index in [1.807, 2.05) is 26.0 Å². The number of aryl methyl sites for hydroxylation is 1. The number of hydrogen-bond acceptors (Lipinski definition) is 7. The minimum Gasteiger partial charge on any atom is -0.476 e. The Kier molecular flexibility index (Phi) is 5.48. The van der Waals surface area contributed by atoms with E-state index in [0.717, 1.165) is 5.56 Å².